The highest BCUT2D eigenvalue weighted by molar-refractivity contribution is 7.98. The third-order valence-corrected chi connectivity index (χ3v) is 5.34. The fourth-order valence-corrected chi connectivity index (χ4v) is 3.88. The number of anilines is 1. The van der Waals surface area contributed by atoms with Gasteiger partial charge in [-0.05, 0) is 35.2 Å². The number of rotatable bonds is 3. The summed E-state index contributed by atoms with van der Waals surface area (Å²) in [5, 5.41) is 5.16. The molecule has 0 radical (unpaired) electrons. The van der Waals surface area contributed by atoms with E-state index in [0.29, 0.717) is 22.8 Å². The molecule has 1 N–H and O–H groups in total. The van der Waals surface area contributed by atoms with Gasteiger partial charge in [-0.2, -0.15) is 0 Å². The van der Waals surface area contributed by atoms with Gasteiger partial charge in [-0.15, -0.1) is 0 Å². The summed E-state index contributed by atoms with van der Waals surface area (Å²) in [6, 6.07) is 11.4. The molecule has 138 valence electrons. The van der Waals surface area contributed by atoms with E-state index in [1.54, 1.807) is 9.58 Å². The zero-order chi connectivity index (χ0) is 19.1. The number of carbonyl (C=O) groups excluding carboxylic acids is 1. The predicted octanol–water partition coefficient (Wildman–Crippen LogP) is 2.09. The molecular formula is C19H20N5O2S+. The van der Waals surface area contributed by atoms with Crippen molar-refractivity contribution >= 4 is 23.4 Å². The number of nitrogens with one attached hydrogen (secondary N) is 1. The molecule has 0 bridgehead atoms. The van der Waals surface area contributed by atoms with Gasteiger partial charge in [-0.3, -0.25) is 14.6 Å². The van der Waals surface area contributed by atoms with Gasteiger partial charge in [0.05, 0.1) is 11.3 Å². The summed E-state index contributed by atoms with van der Waals surface area (Å²) in [6.07, 6.45) is 3.60. The van der Waals surface area contributed by atoms with Crippen molar-refractivity contribution in [2.75, 3.05) is 11.2 Å². The maximum absolute atomic E-state index is 13.0. The zero-order valence-electron chi connectivity index (χ0n) is 15.3. The molecule has 3 aromatic rings. The van der Waals surface area contributed by atoms with Crippen LogP contribution in [-0.2, 0) is 11.8 Å². The molecule has 0 saturated carbocycles. The second kappa shape index (κ2) is 6.70. The molecule has 0 aliphatic carbocycles. The van der Waals surface area contributed by atoms with E-state index in [1.807, 2.05) is 67.4 Å². The molecular weight excluding hydrogens is 362 g/mol. The molecule has 0 saturated heterocycles. The van der Waals surface area contributed by atoms with Crippen molar-refractivity contribution in [2.24, 2.45) is 7.05 Å². The molecule has 0 unspecified atom stereocenters. The van der Waals surface area contributed by atoms with Crippen LogP contribution in [-0.4, -0.2) is 26.8 Å². The fraction of sp³-hybridized carbons (Fsp3) is 0.263. The van der Waals surface area contributed by atoms with Crippen molar-refractivity contribution in [3.8, 4) is 11.3 Å². The van der Waals surface area contributed by atoms with Crippen molar-refractivity contribution in [3.05, 3.63) is 58.6 Å². The molecule has 0 spiro atoms. The van der Waals surface area contributed by atoms with E-state index in [1.165, 1.54) is 11.8 Å². The predicted molar refractivity (Wildman–Crippen MR) is 104 cm³/mol. The maximum Gasteiger partial charge on any atom is 0.325 e. The first-order valence-corrected chi connectivity index (χ1v) is 9.92. The third kappa shape index (κ3) is 2.68. The van der Waals surface area contributed by atoms with Gasteiger partial charge < -0.3 is 4.57 Å². The lowest BCUT2D eigenvalue weighted by molar-refractivity contribution is -0.763. The highest BCUT2D eigenvalue weighted by Crippen LogP contribution is 2.37. The smallest absolute Gasteiger partial charge is 0.325 e. The Labute approximate surface area is 160 Å². The summed E-state index contributed by atoms with van der Waals surface area (Å²) in [7, 11) is 1.92. The largest absolute Gasteiger partial charge is 0.347 e. The van der Waals surface area contributed by atoms with Crippen LogP contribution in [0.2, 0.25) is 0 Å². The van der Waals surface area contributed by atoms with Gasteiger partial charge in [-0.1, -0.05) is 30.8 Å². The second-order valence-corrected chi connectivity index (χ2v) is 7.10. The lowest BCUT2D eigenvalue weighted by Crippen LogP contribution is -2.61. The Hall–Kier alpha value is -2.87. The summed E-state index contributed by atoms with van der Waals surface area (Å²) < 4.78 is 3.63. The van der Waals surface area contributed by atoms with Crippen LogP contribution in [0.15, 0.2) is 52.5 Å². The van der Waals surface area contributed by atoms with Crippen molar-refractivity contribution in [1.29, 1.82) is 0 Å². The number of hydrogen-bond donors (Lipinski definition) is 1. The minimum absolute atomic E-state index is 0.0282. The Balaban J connectivity index is 2.11. The van der Waals surface area contributed by atoms with Crippen LogP contribution in [0.1, 0.15) is 25.2 Å². The molecule has 1 aliphatic rings. The van der Waals surface area contributed by atoms with Gasteiger partial charge in [0, 0.05) is 24.8 Å². The van der Waals surface area contributed by atoms with Crippen LogP contribution in [0.25, 0.3) is 11.3 Å². The van der Waals surface area contributed by atoms with Crippen molar-refractivity contribution in [2.45, 2.75) is 24.7 Å². The van der Waals surface area contributed by atoms with E-state index < -0.39 is 6.17 Å². The first-order chi connectivity index (χ1) is 13.1. The Morgan fingerprint density at radius 1 is 1.30 bits per heavy atom. The second-order valence-electron chi connectivity index (χ2n) is 6.31. The molecule has 8 heteroatoms. The monoisotopic (exact) mass is 382 g/mol. The number of nitrogens with zero attached hydrogens (tertiary/aromatic N) is 4. The number of carbonyl (C=O) groups is 1. The normalized spacial score (nSPS) is 15.4. The topological polar surface area (TPSA) is 74.9 Å². The van der Waals surface area contributed by atoms with Crippen molar-refractivity contribution in [1.82, 2.24) is 14.6 Å². The Kier molecular flexibility index (Phi) is 4.35. The van der Waals surface area contributed by atoms with Gasteiger partial charge in [0.25, 0.3) is 0 Å². The summed E-state index contributed by atoms with van der Waals surface area (Å²) in [5.41, 5.74) is 2.54. The molecule has 7 nitrogen and oxygen atoms in total. The van der Waals surface area contributed by atoms with Crippen LogP contribution < -0.4 is 15.1 Å². The number of aromatic amines is 1. The Morgan fingerprint density at radius 3 is 2.74 bits per heavy atom. The molecule has 1 aromatic carbocycles. The number of aromatic nitrogens is 4. The van der Waals surface area contributed by atoms with Crippen molar-refractivity contribution in [3.63, 3.8) is 0 Å². The average molecular weight is 382 g/mol. The van der Waals surface area contributed by atoms with E-state index in [2.05, 4.69) is 10.1 Å². The zero-order valence-corrected chi connectivity index (χ0v) is 16.2. The van der Waals surface area contributed by atoms with Gasteiger partial charge in [0.2, 0.25) is 11.1 Å². The lowest BCUT2D eigenvalue weighted by Gasteiger charge is -2.31. The summed E-state index contributed by atoms with van der Waals surface area (Å²) >= 11 is 1.36. The van der Waals surface area contributed by atoms with E-state index in [9.17, 15) is 9.59 Å². The molecule has 1 aliphatic heterocycles. The van der Waals surface area contributed by atoms with Gasteiger partial charge in [-0.25, -0.2) is 4.90 Å². The molecule has 1 atom stereocenters. The summed E-state index contributed by atoms with van der Waals surface area (Å²) in [6.45, 7) is 1.84. The number of aryl methyl sites for hydroxylation is 1. The molecule has 4 rings (SSSR count). The first-order valence-electron chi connectivity index (χ1n) is 8.69. The number of H-pyrrole nitrogens is 1. The summed E-state index contributed by atoms with van der Waals surface area (Å²) in [4.78, 5) is 30.5. The van der Waals surface area contributed by atoms with Crippen LogP contribution in [0, 0.1) is 0 Å². The van der Waals surface area contributed by atoms with E-state index in [0.717, 1.165) is 11.4 Å². The van der Waals surface area contributed by atoms with Crippen molar-refractivity contribution < 1.29 is 9.48 Å². The molecule has 27 heavy (non-hydrogen) atoms. The van der Waals surface area contributed by atoms with Crippen LogP contribution in [0.4, 0.5) is 5.69 Å². The van der Waals surface area contributed by atoms with E-state index >= 15 is 0 Å². The van der Waals surface area contributed by atoms with Crippen LogP contribution in [0.5, 0.6) is 0 Å². The van der Waals surface area contributed by atoms with Crippen LogP contribution >= 0.6 is 11.8 Å². The molecule has 2 aromatic heterocycles. The number of fused-ring (bicyclic) bond motifs is 3. The van der Waals surface area contributed by atoms with E-state index in [4.69, 9.17) is 0 Å². The maximum atomic E-state index is 13.0. The van der Waals surface area contributed by atoms with E-state index in [-0.39, 0.29) is 11.5 Å². The lowest BCUT2D eigenvalue weighted by atomic mass is 10.0. The fourth-order valence-electron chi connectivity index (χ4n) is 3.51. The number of benzene rings is 1. The highest BCUT2D eigenvalue weighted by Gasteiger charge is 2.46. The minimum atomic E-state index is -0.532. The molecule has 3 heterocycles. The SMILES string of the molecule is CCC(=O)N1c2ccccc2-c2c(=O)[nH]c(SC)n[n+]2[C@H]1c1cccn1C. The number of hydrogen-bond acceptors (Lipinski definition) is 4. The Bertz CT molecular complexity index is 1090. The standard InChI is InChI=1S/C19H19N5O2S/c1-4-15(25)23-13-9-6-5-8-12(13)16-17(26)20-19(27-3)21-24(16)18(23)14-10-7-11-22(14)2/h5-11,18H,4H2,1-3H3/p+1/t18-/m0/s1. The minimum Gasteiger partial charge on any atom is -0.347 e. The summed E-state index contributed by atoms with van der Waals surface area (Å²) in [5.74, 6) is -0.0282. The quantitative estimate of drug-likeness (QED) is 0.556. The molecule has 0 fully saturated rings. The first kappa shape index (κ1) is 17.5. The van der Waals surface area contributed by atoms with Gasteiger partial charge >= 0.3 is 17.4 Å². The van der Waals surface area contributed by atoms with Gasteiger partial charge in [0.15, 0.2) is 0 Å². The number of para-hydroxylation sites is 1. The van der Waals surface area contributed by atoms with Crippen LogP contribution in [0.3, 0.4) is 0 Å². The average Bonchev–Trinajstić information content (AvgIpc) is 3.11. The Morgan fingerprint density at radius 2 is 2.07 bits per heavy atom. The third-order valence-electron chi connectivity index (χ3n) is 4.77. The number of amides is 1. The van der Waals surface area contributed by atoms with Gasteiger partial charge in [0.1, 0.15) is 5.69 Å². The molecule has 1 amide bonds. The number of thioether (sulfide) groups is 1. The highest BCUT2D eigenvalue weighted by atomic mass is 32.2.